The van der Waals surface area contributed by atoms with Crippen LogP contribution in [0.4, 0.5) is 4.79 Å². The lowest BCUT2D eigenvalue weighted by molar-refractivity contribution is -0.0344. The third-order valence-electron chi connectivity index (χ3n) is 1.80. The van der Waals surface area contributed by atoms with E-state index in [1.807, 2.05) is 0 Å². The Labute approximate surface area is 78.4 Å². The number of nitrogens with zero attached hydrogens (tertiary/aromatic N) is 1. The molecule has 1 rings (SSSR count). The van der Waals surface area contributed by atoms with Crippen molar-refractivity contribution in [2.24, 2.45) is 5.73 Å². The maximum absolute atomic E-state index is 10.8. The first-order chi connectivity index (χ1) is 6.13. The molecule has 2 unspecified atom stereocenters. The van der Waals surface area contributed by atoms with Crippen molar-refractivity contribution >= 4 is 17.3 Å². The summed E-state index contributed by atoms with van der Waals surface area (Å²) < 4.78 is 25.2. The van der Waals surface area contributed by atoms with Gasteiger partial charge in [-0.2, -0.15) is 4.31 Å². The summed E-state index contributed by atoms with van der Waals surface area (Å²) in [7, 11) is 0. The van der Waals surface area contributed by atoms with Gasteiger partial charge in [0.1, 0.15) is 6.23 Å². The van der Waals surface area contributed by atoms with Crippen molar-refractivity contribution in [2.75, 3.05) is 6.61 Å². The minimum Gasteiger partial charge on any atom is -0.357 e. The van der Waals surface area contributed by atoms with Crippen LogP contribution in [0.25, 0.3) is 0 Å². The van der Waals surface area contributed by atoms with Crippen LogP contribution >= 0.6 is 0 Å². The standard InChI is InChI=1S/C6H12N2O4S/c7-6(9)8(13(10)11)5-3-1-2-4-12-5/h5H,1-4H2,(H2,7,9)(H,10,11). The summed E-state index contributed by atoms with van der Waals surface area (Å²) in [4.78, 5) is 10.8. The zero-order valence-corrected chi connectivity index (χ0v) is 7.83. The van der Waals surface area contributed by atoms with Crippen molar-refractivity contribution in [1.82, 2.24) is 4.31 Å². The van der Waals surface area contributed by atoms with Crippen molar-refractivity contribution < 1.29 is 18.3 Å². The molecule has 0 saturated carbocycles. The highest BCUT2D eigenvalue weighted by Gasteiger charge is 2.28. The highest BCUT2D eigenvalue weighted by Crippen LogP contribution is 2.17. The Bertz CT molecular complexity index is 203. The van der Waals surface area contributed by atoms with Gasteiger partial charge in [-0.3, -0.25) is 4.55 Å². The summed E-state index contributed by atoms with van der Waals surface area (Å²) >= 11 is -2.40. The molecule has 0 spiro atoms. The molecule has 1 aliphatic rings. The molecule has 1 saturated heterocycles. The van der Waals surface area contributed by atoms with Crippen LogP contribution in [0, 0.1) is 0 Å². The smallest absolute Gasteiger partial charge is 0.330 e. The first-order valence-electron chi connectivity index (χ1n) is 3.94. The molecule has 2 amide bonds. The second-order valence-electron chi connectivity index (χ2n) is 2.72. The number of carbonyl (C=O) groups is 1. The summed E-state index contributed by atoms with van der Waals surface area (Å²) in [6.07, 6.45) is 1.67. The fraction of sp³-hybridized carbons (Fsp3) is 0.833. The van der Waals surface area contributed by atoms with E-state index in [1.165, 1.54) is 0 Å². The second kappa shape index (κ2) is 4.54. The zero-order chi connectivity index (χ0) is 9.84. The van der Waals surface area contributed by atoms with Crippen molar-refractivity contribution in [3.63, 3.8) is 0 Å². The lowest BCUT2D eigenvalue weighted by Crippen LogP contribution is -2.47. The number of urea groups is 1. The number of hydrogen-bond acceptors (Lipinski definition) is 3. The molecular formula is C6H12N2O4S. The van der Waals surface area contributed by atoms with Crippen molar-refractivity contribution in [1.29, 1.82) is 0 Å². The van der Waals surface area contributed by atoms with E-state index in [-0.39, 0.29) is 0 Å². The van der Waals surface area contributed by atoms with Crippen LogP contribution in [-0.2, 0) is 16.0 Å². The number of primary amides is 1. The normalized spacial score (nSPS) is 25.2. The molecule has 2 atom stereocenters. The van der Waals surface area contributed by atoms with Gasteiger partial charge >= 0.3 is 6.03 Å². The highest BCUT2D eigenvalue weighted by molar-refractivity contribution is 7.77. The summed E-state index contributed by atoms with van der Waals surface area (Å²) in [5, 5.41) is 0. The number of amides is 2. The number of rotatable bonds is 2. The molecule has 1 aliphatic heterocycles. The SMILES string of the molecule is NC(=O)N(C1CCCCO1)S(=O)O. The van der Waals surface area contributed by atoms with E-state index in [0.717, 1.165) is 12.8 Å². The number of hydrogen-bond donors (Lipinski definition) is 2. The fourth-order valence-corrected chi connectivity index (χ4v) is 1.75. The van der Waals surface area contributed by atoms with Gasteiger partial charge in [-0.15, -0.1) is 0 Å². The molecule has 6 nitrogen and oxygen atoms in total. The van der Waals surface area contributed by atoms with E-state index >= 15 is 0 Å². The first kappa shape index (κ1) is 10.4. The Balaban J connectivity index is 2.62. The van der Waals surface area contributed by atoms with Gasteiger partial charge in [0.2, 0.25) is 0 Å². The molecule has 1 fully saturated rings. The number of nitrogens with two attached hydrogens (primary N) is 1. The minimum atomic E-state index is -2.40. The molecule has 0 bridgehead atoms. The Hall–Kier alpha value is -0.660. The van der Waals surface area contributed by atoms with Gasteiger partial charge in [-0.05, 0) is 19.3 Å². The van der Waals surface area contributed by atoms with E-state index in [9.17, 15) is 9.00 Å². The quantitative estimate of drug-likeness (QED) is 0.626. The lowest BCUT2D eigenvalue weighted by Gasteiger charge is -2.29. The summed E-state index contributed by atoms with van der Waals surface area (Å²) in [6, 6.07) is -0.937. The third-order valence-corrected chi connectivity index (χ3v) is 2.55. The van der Waals surface area contributed by atoms with Crippen LogP contribution in [0.2, 0.25) is 0 Å². The van der Waals surface area contributed by atoms with Crippen molar-refractivity contribution in [3.8, 4) is 0 Å². The molecular weight excluding hydrogens is 196 g/mol. The Morgan fingerprint density at radius 3 is 2.69 bits per heavy atom. The van der Waals surface area contributed by atoms with Crippen LogP contribution in [0.15, 0.2) is 0 Å². The molecule has 0 aromatic carbocycles. The van der Waals surface area contributed by atoms with E-state index in [4.69, 9.17) is 15.0 Å². The van der Waals surface area contributed by atoms with Gasteiger partial charge < -0.3 is 10.5 Å². The molecule has 3 N–H and O–H groups in total. The molecule has 0 aromatic rings. The molecule has 7 heteroatoms. The van der Waals surface area contributed by atoms with Crippen LogP contribution in [0.5, 0.6) is 0 Å². The molecule has 0 aliphatic carbocycles. The van der Waals surface area contributed by atoms with E-state index < -0.39 is 23.5 Å². The molecule has 1 heterocycles. The van der Waals surface area contributed by atoms with E-state index in [1.54, 1.807) is 0 Å². The Morgan fingerprint density at radius 1 is 1.62 bits per heavy atom. The maximum atomic E-state index is 10.8. The van der Waals surface area contributed by atoms with Crippen LogP contribution in [0.1, 0.15) is 19.3 Å². The van der Waals surface area contributed by atoms with E-state index in [0.29, 0.717) is 17.3 Å². The van der Waals surface area contributed by atoms with Gasteiger partial charge in [-0.1, -0.05) is 0 Å². The number of carbonyl (C=O) groups excluding carboxylic acids is 1. The minimum absolute atomic E-state index is 0.492. The van der Waals surface area contributed by atoms with Crippen molar-refractivity contribution in [2.45, 2.75) is 25.5 Å². The highest BCUT2D eigenvalue weighted by atomic mass is 32.2. The summed E-state index contributed by atoms with van der Waals surface area (Å²) in [5.74, 6) is 0. The summed E-state index contributed by atoms with van der Waals surface area (Å²) in [6.45, 7) is 0.492. The summed E-state index contributed by atoms with van der Waals surface area (Å²) in [5.41, 5.74) is 4.92. The van der Waals surface area contributed by atoms with Gasteiger partial charge in [0.15, 0.2) is 0 Å². The largest absolute Gasteiger partial charge is 0.357 e. The average molecular weight is 208 g/mol. The maximum Gasteiger partial charge on any atom is 0.330 e. The third kappa shape index (κ3) is 2.64. The van der Waals surface area contributed by atoms with Crippen LogP contribution in [-0.4, -0.2) is 31.9 Å². The molecule has 0 radical (unpaired) electrons. The van der Waals surface area contributed by atoms with Gasteiger partial charge in [-0.25, -0.2) is 9.00 Å². The van der Waals surface area contributed by atoms with E-state index in [2.05, 4.69) is 0 Å². The van der Waals surface area contributed by atoms with Gasteiger partial charge in [0, 0.05) is 6.61 Å². The first-order valence-corrected chi connectivity index (χ1v) is 5.00. The molecule has 76 valence electrons. The number of ether oxygens (including phenoxy) is 1. The fourth-order valence-electron chi connectivity index (χ4n) is 1.23. The lowest BCUT2D eigenvalue weighted by atomic mass is 10.2. The monoisotopic (exact) mass is 208 g/mol. The Kier molecular flexibility index (Phi) is 3.64. The molecule has 13 heavy (non-hydrogen) atoms. The predicted octanol–water partition coefficient (Wildman–Crippen LogP) is 0.0304. The van der Waals surface area contributed by atoms with Crippen LogP contribution < -0.4 is 5.73 Å². The second-order valence-corrected chi connectivity index (χ2v) is 3.57. The average Bonchev–Trinajstić information content (AvgIpc) is 2.04. The van der Waals surface area contributed by atoms with Gasteiger partial charge in [0.25, 0.3) is 11.3 Å². The molecule has 0 aromatic heterocycles. The van der Waals surface area contributed by atoms with Crippen LogP contribution in [0.3, 0.4) is 0 Å². The Morgan fingerprint density at radius 2 is 2.31 bits per heavy atom. The van der Waals surface area contributed by atoms with Crippen molar-refractivity contribution in [3.05, 3.63) is 0 Å². The zero-order valence-electron chi connectivity index (χ0n) is 7.01. The van der Waals surface area contributed by atoms with Gasteiger partial charge in [0.05, 0.1) is 0 Å². The topological polar surface area (TPSA) is 92.9 Å². The predicted molar refractivity (Wildman–Crippen MR) is 45.8 cm³/mol.